The van der Waals surface area contributed by atoms with Crippen LogP contribution in [0.25, 0.3) is 0 Å². The molecule has 0 aliphatic heterocycles. The van der Waals surface area contributed by atoms with Gasteiger partial charge in [-0.1, -0.05) is 40.0 Å². The molecule has 1 atom stereocenters. The quantitative estimate of drug-likeness (QED) is 0.512. The summed E-state index contributed by atoms with van der Waals surface area (Å²) in [6.07, 6.45) is 4.33. The molecule has 1 unspecified atom stereocenters. The highest BCUT2D eigenvalue weighted by molar-refractivity contribution is 6.37. The van der Waals surface area contributed by atoms with Crippen molar-refractivity contribution < 1.29 is 0 Å². The predicted octanol–water partition coefficient (Wildman–Crippen LogP) is 3.13. The van der Waals surface area contributed by atoms with Gasteiger partial charge in [-0.3, -0.25) is 0 Å². The van der Waals surface area contributed by atoms with Gasteiger partial charge in [0.15, 0.2) is 0 Å². The third-order valence-corrected chi connectivity index (χ3v) is 3.80. The summed E-state index contributed by atoms with van der Waals surface area (Å²) in [4.78, 5) is 0. The summed E-state index contributed by atoms with van der Waals surface area (Å²) in [7, 11) is 0. The van der Waals surface area contributed by atoms with Crippen LogP contribution in [0.2, 0.25) is 8.60 Å². The molecule has 0 spiro atoms. The largest absolute Gasteiger partial charge is 0.367 e. The van der Waals surface area contributed by atoms with Crippen molar-refractivity contribution in [1.82, 2.24) is 0 Å². The van der Waals surface area contributed by atoms with E-state index in [4.69, 9.17) is 0 Å². The average Bonchev–Trinajstić information content (AvgIpc) is 1.85. The van der Waals surface area contributed by atoms with Gasteiger partial charge < -0.3 is 0 Å². The van der Waals surface area contributed by atoms with Crippen LogP contribution in [0.3, 0.4) is 0 Å². The summed E-state index contributed by atoms with van der Waals surface area (Å²) < 4.78 is 2.60. The van der Waals surface area contributed by atoms with E-state index in [0.29, 0.717) is 20.4 Å². The Morgan fingerprint density at radius 3 is 2.44 bits per heavy atom. The predicted molar refractivity (Wildman–Crippen MR) is 45.2 cm³/mol. The molecule has 0 fully saturated rings. The lowest BCUT2D eigenvalue weighted by Gasteiger charge is -2.05. The topological polar surface area (TPSA) is 0 Å². The van der Waals surface area contributed by atoms with Gasteiger partial charge in [0.1, 0.15) is 0 Å². The zero-order chi connectivity index (χ0) is 7.11. The molecule has 0 aromatic carbocycles. The Morgan fingerprint density at radius 2 is 2.00 bits per heavy atom. The Hall–Kier alpha value is 0.766. The highest BCUT2D eigenvalue weighted by Gasteiger charge is 2.02. The Bertz CT molecular complexity index is 52.5. The van der Waals surface area contributed by atoms with E-state index >= 15 is 0 Å². The second kappa shape index (κ2) is 6.88. The summed E-state index contributed by atoms with van der Waals surface area (Å²) in [5, 5.41) is 0. The summed E-state index contributed by atoms with van der Waals surface area (Å²) in [6.45, 7) is 7.03. The summed E-state index contributed by atoms with van der Waals surface area (Å²) >= 11 is 0.326. The van der Waals surface area contributed by atoms with Crippen LogP contribution in [-0.2, 0) is 0 Å². The molecule has 0 radical (unpaired) electrons. The van der Waals surface area contributed by atoms with Crippen molar-refractivity contribution in [2.24, 2.45) is 0 Å². The minimum atomic E-state index is 0.326. The smallest absolute Gasteiger partial charge is 0.148 e. The second-order valence-corrected chi connectivity index (χ2v) is 6.01. The molecule has 0 heterocycles. The third-order valence-electron chi connectivity index (χ3n) is 1.83. The van der Waals surface area contributed by atoms with E-state index in [9.17, 15) is 0 Å². The van der Waals surface area contributed by atoms with Gasteiger partial charge in [-0.05, 0) is 0 Å². The van der Waals surface area contributed by atoms with E-state index in [1.54, 1.807) is 0 Å². The zero-order valence-corrected chi connectivity index (χ0v) is 8.53. The molecule has 0 aromatic heterocycles. The van der Waals surface area contributed by atoms with E-state index in [-0.39, 0.29) is 0 Å². The molecule has 0 N–H and O–H groups in total. The lowest BCUT2D eigenvalue weighted by molar-refractivity contribution is 0.695. The average molecular weight is 139 g/mol. The van der Waals surface area contributed by atoms with Crippen LogP contribution in [0.1, 0.15) is 40.0 Å². The number of unbranched alkanes of at least 4 members (excludes halogenated alkanes) is 1. The summed E-state index contributed by atoms with van der Waals surface area (Å²) in [5.41, 5.74) is 0. The summed E-state index contributed by atoms with van der Waals surface area (Å²) in [6, 6.07) is 0. The van der Waals surface area contributed by atoms with Crippen LogP contribution < -0.4 is 0 Å². The minimum absolute atomic E-state index is 0.326. The maximum atomic E-state index is 2.42. The van der Waals surface area contributed by atoms with Gasteiger partial charge >= 0.3 is 20.4 Å². The highest BCUT2D eigenvalue weighted by Crippen LogP contribution is 2.12. The van der Waals surface area contributed by atoms with Gasteiger partial charge in [0.2, 0.25) is 0 Å². The molecule has 0 rings (SSSR count). The molecule has 1 heteroatoms. The first kappa shape index (κ1) is 9.77. The molecule has 0 nitrogen and oxygen atoms in total. The molecule has 0 amide bonds. The van der Waals surface area contributed by atoms with Crippen LogP contribution in [0.4, 0.5) is 0 Å². The van der Waals surface area contributed by atoms with Crippen LogP contribution in [0.5, 0.6) is 0 Å². The molecule has 0 bridgehead atoms. The van der Waals surface area contributed by atoms with Gasteiger partial charge in [-0.15, -0.1) is 8.60 Å². The van der Waals surface area contributed by atoms with Crippen molar-refractivity contribution in [1.29, 1.82) is 0 Å². The Morgan fingerprint density at radius 1 is 1.33 bits per heavy atom. The monoisotopic (exact) mass is 138 g/mol. The van der Waals surface area contributed by atoms with Crippen LogP contribution >= 0.6 is 0 Å². The van der Waals surface area contributed by atoms with E-state index < -0.39 is 0 Å². The first-order chi connectivity index (χ1) is 4.31. The van der Waals surface area contributed by atoms with E-state index in [1.807, 2.05) is 0 Å². The fourth-order valence-electron chi connectivity index (χ4n) is 1.19. The molecule has 0 aliphatic carbocycles. The fraction of sp³-hybridized carbons (Fsp3) is 1.00. The Balaban J connectivity index is 2.95. The van der Waals surface area contributed by atoms with Crippen molar-refractivity contribution >= 4 is 20.4 Å². The lowest BCUT2D eigenvalue weighted by Crippen LogP contribution is -1.96. The highest BCUT2D eigenvalue weighted by atomic mass is 24.5. The van der Waals surface area contributed by atoms with Crippen LogP contribution in [0, 0.1) is 0 Å². The molecular formula is C8H18Mg. The first-order valence-electron chi connectivity index (χ1n) is 4.31. The maximum Gasteiger partial charge on any atom is 0.367 e. The number of hydrogen-bond acceptors (Lipinski definition) is 0. The zero-order valence-electron chi connectivity index (χ0n) is 7.11. The van der Waals surface area contributed by atoms with E-state index in [2.05, 4.69) is 20.8 Å². The van der Waals surface area contributed by atoms with Gasteiger partial charge in [0.25, 0.3) is 0 Å². The van der Waals surface area contributed by atoms with E-state index in [0.717, 1.165) is 4.05 Å². The maximum absolute atomic E-state index is 2.42. The first-order valence-corrected chi connectivity index (χ1v) is 6.12. The van der Waals surface area contributed by atoms with Crippen molar-refractivity contribution in [2.75, 3.05) is 0 Å². The minimum Gasteiger partial charge on any atom is -0.148 e. The van der Waals surface area contributed by atoms with Crippen molar-refractivity contribution in [3.63, 3.8) is 0 Å². The fourth-order valence-corrected chi connectivity index (χ4v) is 2.75. The third kappa shape index (κ3) is 6.65. The number of hydrogen-bond donors (Lipinski definition) is 0. The number of rotatable bonds is 5. The van der Waals surface area contributed by atoms with E-state index in [1.165, 1.54) is 23.8 Å². The van der Waals surface area contributed by atoms with Gasteiger partial charge in [0.05, 0.1) is 0 Å². The molecule has 0 saturated heterocycles. The van der Waals surface area contributed by atoms with Gasteiger partial charge in [-0.2, -0.15) is 0 Å². The normalized spacial score (nSPS) is 12.8. The van der Waals surface area contributed by atoms with Crippen molar-refractivity contribution in [3.05, 3.63) is 0 Å². The van der Waals surface area contributed by atoms with Crippen LogP contribution in [-0.4, -0.2) is 20.4 Å². The Labute approximate surface area is 69.1 Å². The van der Waals surface area contributed by atoms with Gasteiger partial charge in [-0.25, -0.2) is 0 Å². The molecular weight excluding hydrogens is 120 g/mol. The molecule has 0 saturated carbocycles. The van der Waals surface area contributed by atoms with Crippen molar-refractivity contribution in [3.8, 4) is 0 Å². The molecule has 0 aliphatic rings. The molecule has 0 aromatic rings. The Kier molecular flexibility index (Phi) is 7.47. The standard InChI is InChI=1S/C6H13.C2H5.Mg/c1-3-5-6-4-2;1-2;/h3H,4-6H2,1-2H3;1H2,2H3;. The second-order valence-electron chi connectivity index (χ2n) is 3.04. The SMILES string of the molecule is CCCC[CH](C)[Mg][CH2]C. The molecule has 52 valence electrons. The summed E-state index contributed by atoms with van der Waals surface area (Å²) in [5.74, 6) is 0. The van der Waals surface area contributed by atoms with Crippen LogP contribution in [0.15, 0.2) is 0 Å². The van der Waals surface area contributed by atoms with Crippen molar-refractivity contribution in [2.45, 2.75) is 48.6 Å². The molecule has 9 heavy (non-hydrogen) atoms. The lowest BCUT2D eigenvalue weighted by atomic mass is 10.2. The van der Waals surface area contributed by atoms with Gasteiger partial charge in [0, 0.05) is 0 Å².